The zero-order valence-electron chi connectivity index (χ0n) is 15.5. The zero-order valence-corrected chi connectivity index (χ0v) is 16.3. The van der Waals surface area contributed by atoms with Crippen LogP contribution in [0.25, 0.3) is 0 Å². The second kappa shape index (κ2) is 8.69. The van der Waals surface area contributed by atoms with E-state index in [-0.39, 0.29) is 24.8 Å². The Morgan fingerprint density at radius 3 is 2.75 bits per heavy atom. The van der Waals surface area contributed by atoms with Crippen LogP contribution in [0.1, 0.15) is 38.5 Å². The largest absolute Gasteiger partial charge is 0.481 e. The average Bonchev–Trinajstić information content (AvgIpc) is 3.23. The summed E-state index contributed by atoms with van der Waals surface area (Å²) in [6.45, 7) is 0.184. The first-order valence-corrected chi connectivity index (χ1v) is 11.1. The van der Waals surface area contributed by atoms with E-state index in [0.29, 0.717) is 30.7 Å². The molecule has 0 heterocycles. The van der Waals surface area contributed by atoms with Crippen molar-refractivity contribution in [2.75, 3.05) is 6.54 Å². The number of unbranched alkanes of at least 4 members (excludes halogenated alkanes) is 1. The third-order valence-corrected chi connectivity index (χ3v) is 7.41. The number of benzene rings is 1. The Morgan fingerprint density at radius 2 is 2.00 bits per heavy atom. The van der Waals surface area contributed by atoms with Crippen LogP contribution in [-0.2, 0) is 14.8 Å². The standard InChI is InChI=1S/C20H25F2NO4S/c21-15-8-9-18(22)19(11-15)28(26,27)23-12-17-14-7-6-13(10-14)16(17)4-2-1-3-5-20(24)25/h2,4,8-9,11,13-14,16-17,23H,1,3,5-7,10,12H2,(H,24,25)/b4-2-/t13-,14+,16+,17+/m1/s1. The summed E-state index contributed by atoms with van der Waals surface area (Å²) in [5.74, 6) is -1.34. The summed E-state index contributed by atoms with van der Waals surface area (Å²) in [5, 5.41) is 8.69. The second-order valence-corrected chi connectivity index (χ2v) is 9.45. The highest BCUT2D eigenvalue weighted by Crippen LogP contribution is 2.52. The Balaban J connectivity index is 1.64. The van der Waals surface area contributed by atoms with Crippen molar-refractivity contribution >= 4 is 16.0 Å². The van der Waals surface area contributed by atoms with E-state index in [9.17, 15) is 22.0 Å². The molecule has 0 spiro atoms. The number of allylic oxidation sites excluding steroid dienone is 2. The van der Waals surface area contributed by atoms with Crippen LogP contribution >= 0.6 is 0 Å². The Bertz CT molecular complexity index is 856. The Morgan fingerprint density at radius 1 is 1.25 bits per heavy atom. The molecule has 154 valence electrons. The van der Waals surface area contributed by atoms with E-state index in [1.54, 1.807) is 0 Å². The fraction of sp³-hybridized carbons (Fsp3) is 0.550. The number of rotatable bonds is 9. The summed E-state index contributed by atoms with van der Waals surface area (Å²) in [4.78, 5) is 9.91. The van der Waals surface area contributed by atoms with Crippen LogP contribution in [0.3, 0.4) is 0 Å². The minimum atomic E-state index is -4.13. The van der Waals surface area contributed by atoms with Gasteiger partial charge >= 0.3 is 5.97 Å². The van der Waals surface area contributed by atoms with Crippen LogP contribution in [0.4, 0.5) is 8.78 Å². The lowest BCUT2D eigenvalue weighted by Gasteiger charge is -2.29. The molecule has 28 heavy (non-hydrogen) atoms. The third-order valence-electron chi connectivity index (χ3n) is 5.97. The van der Waals surface area contributed by atoms with Crippen molar-refractivity contribution in [2.24, 2.45) is 23.7 Å². The van der Waals surface area contributed by atoms with Gasteiger partial charge in [0.2, 0.25) is 10.0 Å². The lowest BCUT2D eigenvalue weighted by Crippen LogP contribution is -2.35. The van der Waals surface area contributed by atoms with Crippen molar-refractivity contribution in [3.8, 4) is 0 Å². The smallest absolute Gasteiger partial charge is 0.303 e. The molecule has 0 amide bonds. The molecule has 0 saturated heterocycles. The highest BCUT2D eigenvalue weighted by molar-refractivity contribution is 7.89. The van der Waals surface area contributed by atoms with Gasteiger partial charge < -0.3 is 5.11 Å². The highest BCUT2D eigenvalue weighted by atomic mass is 32.2. The van der Waals surface area contributed by atoms with Crippen molar-refractivity contribution in [2.45, 2.75) is 43.4 Å². The van der Waals surface area contributed by atoms with Crippen LogP contribution in [-0.4, -0.2) is 26.0 Å². The van der Waals surface area contributed by atoms with Crippen molar-refractivity contribution in [3.63, 3.8) is 0 Å². The number of carboxylic acid groups (broad SMARTS) is 1. The normalized spacial score (nSPS) is 26.9. The lowest BCUT2D eigenvalue weighted by molar-refractivity contribution is -0.137. The van der Waals surface area contributed by atoms with Gasteiger partial charge in [0.15, 0.2) is 0 Å². The van der Waals surface area contributed by atoms with Crippen molar-refractivity contribution in [1.82, 2.24) is 4.72 Å². The minimum Gasteiger partial charge on any atom is -0.481 e. The molecule has 2 aliphatic rings. The van der Waals surface area contributed by atoms with Gasteiger partial charge in [-0.1, -0.05) is 12.2 Å². The van der Waals surface area contributed by atoms with Gasteiger partial charge in [-0.15, -0.1) is 0 Å². The molecule has 2 fully saturated rings. The van der Waals surface area contributed by atoms with Crippen LogP contribution in [0, 0.1) is 35.3 Å². The number of carbonyl (C=O) groups is 1. The molecule has 5 nitrogen and oxygen atoms in total. The van der Waals surface area contributed by atoms with E-state index in [4.69, 9.17) is 5.11 Å². The number of aliphatic carboxylic acids is 1. The van der Waals surface area contributed by atoms with E-state index in [2.05, 4.69) is 10.8 Å². The number of nitrogens with one attached hydrogen (secondary N) is 1. The molecule has 2 saturated carbocycles. The molecule has 1 aromatic rings. The maximum Gasteiger partial charge on any atom is 0.303 e. The first-order valence-electron chi connectivity index (χ1n) is 9.61. The Kier molecular flexibility index (Phi) is 6.50. The molecule has 2 N–H and O–H groups in total. The predicted octanol–water partition coefficient (Wildman–Crippen LogP) is 3.72. The predicted molar refractivity (Wildman–Crippen MR) is 100.0 cm³/mol. The lowest BCUT2D eigenvalue weighted by atomic mass is 9.79. The monoisotopic (exact) mass is 413 g/mol. The third kappa shape index (κ3) is 4.78. The van der Waals surface area contributed by atoms with Gasteiger partial charge in [-0.3, -0.25) is 4.79 Å². The zero-order chi connectivity index (χ0) is 20.3. The molecular weight excluding hydrogens is 388 g/mol. The maximum atomic E-state index is 13.8. The Hall–Kier alpha value is -1.80. The average molecular weight is 413 g/mol. The summed E-state index contributed by atoms with van der Waals surface area (Å²) in [6.07, 6.45) is 8.66. The molecule has 2 aliphatic carbocycles. The molecule has 4 atom stereocenters. The van der Waals surface area contributed by atoms with Gasteiger partial charge in [0.1, 0.15) is 16.5 Å². The molecule has 0 aromatic heterocycles. The second-order valence-electron chi connectivity index (χ2n) is 7.72. The van der Waals surface area contributed by atoms with Crippen molar-refractivity contribution < 1.29 is 27.1 Å². The number of sulfonamides is 1. The number of carboxylic acids is 1. The summed E-state index contributed by atoms with van der Waals surface area (Å²) in [6, 6.07) is 2.39. The number of fused-ring (bicyclic) bond motifs is 2. The van der Waals surface area contributed by atoms with E-state index in [0.717, 1.165) is 31.4 Å². The molecule has 1 aromatic carbocycles. The first kappa shape index (κ1) is 20.9. The summed E-state index contributed by atoms with van der Waals surface area (Å²) >= 11 is 0. The molecule has 3 rings (SSSR count). The molecule has 0 aliphatic heterocycles. The number of hydrogen-bond donors (Lipinski definition) is 2. The maximum absolute atomic E-state index is 13.8. The fourth-order valence-electron chi connectivity index (χ4n) is 4.65. The summed E-state index contributed by atoms with van der Waals surface area (Å²) in [5.41, 5.74) is 0. The van der Waals surface area contributed by atoms with Crippen molar-refractivity contribution in [1.29, 1.82) is 0 Å². The molecule has 2 bridgehead atoms. The van der Waals surface area contributed by atoms with Gasteiger partial charge in [0.05, 0.1) is 0 Å². The molecule has 8 heteroatoms. The van der Waals surface area contributed by atoms with Gasteiger partial charge in [0, 0.05) is 13.0 Å². The molecule has 0 radical (unpaired) electrons. The van der Waals surface area contributed by atoms with E-state index in [1.165, 1.54) is 0 Å². The van der Waals surface area contributed by atoms with Gasteiger partial charge in [-0.2, -0.15) is 0 Å². The SMILES string of the molecule is O=C(O)CCC/C=C\[C@H]1[C@@H]2CC[C@@H](C2)[C@@H]1CNS(=O)(=O)c1cc(F)ccc1F. The van der Waals surface area contributed by atoms with Crippen LogP contribution in [0.2, 0.25) is 0 Å². The fourth-order valence-corrected chi connectivity index (χ4v) is 5.81. The van der Waals surface area contributed by atoms with E-state index >= 15 is 0 Å². The van der Waals surface area contributed by atoms with E-state index < -0.39 is 32.5 Å². The summed E-state index contributed by atoms with van der Waals surface area (Å²) < 4.78 is 54.6. The van der Waals surface area contributed by atoms with Gasteiger partial charge in [-0.05, 0) is 74.0 Å². The first-order chi connectivity index (χ1) is 13.3. The summed E-state index contributed by atoms with van der Waals surface area (Å²) in [7, 11) is -4.13. The quantitative estimate of drug-likeness (QED) is 0.477. The van der Waals surface area contributed by atoms with Gasteiger partial charge in [0.25, 0.3) is 0 Å². The van der Waals surface area contributed by atoms with Crippen LogP contribution < -0.4 is 4.72 Å². The van der Waals surface area contributed by atoms with Crippen LogP contribution in [0.15, 0.2) is 35.2 Å². The molecule has 0 unspecified atom stereocenters. The van der Waals surface area contributed by atoms with Crippen molar-refractivity contribution in [3.05, 3.63) is 42.0 Å². The Labute approximate surface area is 163 Å². The van der Waals surface area contributed by atoms with Crippen LogP contribution in [0.5, 0.6) is 0 Å². The topological polar surface area (TPSA) is 83.5 Å². The number of hydrogen-bond acceptors (Lipinski definition) is 3. The number of halogens is 2. The van der Waals surface area contributed by atoms with Gasteiger partial charge in [-0.25, -0.2) is 21.9 Å². The highest BCUT2D eigenvalue weighted by Gasteiger charge is 2.46. The van der Waals surface area contributed by atoms with E-state index in [1.807, 2.05) is 6.08 Å². The minimum absolute atomic E-state index is 0.112. The molecular formula is C20H25F2NO4S.